The Bertz CT molecular complexity index is 878. The van der Waals surface area contributed by atoms with E-state index in [1.165, 1.54) is 0 Å². The zero-order valence-electron chi connectivity index (χ0n) is 12.7. The summed E-state index contributed by atoms with van der Waals surface area (Å²) < 4.78 is 33.1. The van der Waals surface area contributed by atoms with Crippen molar-refractivity contribution in [3.8, 4) is 0 Å². The summed E-state index contributed by atoms with van der Waals surface area (Å²) in [5.41, 5.74) is -1.57. The van der Waals surface area contributed by atoms with E-state index < -0.39 is 63.5 Å². The van der Waals surface area contributed by atoms with Gasteiger partial charge in [0.05, 0.1) is 10.2 Å². The fourth-order valence-electron chi connectivity index (χ4n) is 2.21. The molecule has 0 amide bonds. The fraction of sp³-hybridized carbons (Fsp3) is 0.600. The van der Waals surface area contributed by atoms with Crippen molar-refractivity contribution in [1.82, 2.24) is 9.55 Å². The molecule has 0 bridgehead atoms. The van der Waals surface area contributed by atoms with Gasteiger partial charge in [-0.3, -0.25) is 23.5 Å². The molecule has 1 fully saturated rings. The smallest absolute Gasteiger partial charge is 0.340 e. The first kappa shape index (κ1) is 21.9. The van der Waals surface area contributed by atoms with Crippen molar-refractivity contribution < 1.29 is 43.3 Å². The monoisotopic (exact) mass is 528 g/mol. The number of hydrogen-bond donors (Lipinski definition) is 6. The van der Waals surface area contributed by atoms with Gasteiger partial charge in [-0.2, -0.15) is 0 Å². The van der Waals surface area contributed by atoms with Crippen molar-refractivity contribution in [3.05, 3.63) is 30.6 Å². The largest absolute Gasteiger partial charge is 0.387 e. The van der Waals surface area contributed by atoms with Crippen LogP contribution in [0.2, 0.25) is 0 Å². The third-order valence-electron chi connectivity index (χ3n) is 3.34. The standard InChI is InChI=1S/C10H15IN2O11P2/c11-4-1-13(10(17)12-8(4)16)9-7(15)6(14)5(24-9)2-23-26(21,22)3-25(18,19)20/h1,5-7,9,14-15H,2-3H2,(H,21,22)(H,12,16,17)(H2,18,19,20)/t5-,6?,7?,9-/m1/s1. The second-order valence-corrected chi connectivity index (χ2v) is 10.6. The highest BCUT2D eigenvalue weighted by Crippen LogP contribution is 2.55. The summed E-state index contributed by atoms with van der Waals surface area (Å²) in [5.74, 6) is -1.42. The first-order valence-corrected chi connectivity index (χ1v) is 11.5. The van der Waals surface area contributed by atoms with Crippen LogP contribution in [0.25, 0.3) is 0 Å². The Labute approximate surface area is 158 Å². The molecule has 1 aliphatic heterocycles. The third kappa shape index (κ3) is 5.32. The summed E-state index contributed by atoms with van der Waals surface area (Å²) in [6.07, 6.45) is -4.97. The third-order valence-corrected chi connectivity index (χ3v) is 7.56. The average Bonchev–Trinajstić information content (AvgIpc) is 2.75. The molecule has 1 saturated heterocycles. The van der Waals surface area contributed by atoms with Gasteiger partial charge in [0.25, 0.3) is 5.56 Å². The van der Waals surface area contributed by atoms with Crippen molar-refractivity contribution in [3.63, 3.8) is 0 Å². The number of H-pyrrole nitrogens is 1. The molecule has 26 heavy (non-hydrogen) atoms. The van der Waals surface area contributed by atoms with E-state index in [9.17, 15) is 33.8 Å². The van der Waals surface area contributed by atoms with Gasteiger partial charge in [0.1, 0.15) is 18.3 Å². The van der Waals surface area contributed by atoms with Gasteiger partial charge in [0.15, 0.2) is 12.1 Å². The van der Waals surface area contributed by atoms with Gasteiger partial charge in [-0.25, -0.2) is 4.79 Å². The summed E-state index contributed by atoms with van der Waals surface area (Å²) in [7, 11) is -9.50. The lowest BCUT2D eigenvalue weighted by Gasteiger charge is -2.18. The van der Waals surface area contributed by atoms with Gasteiger partial charge in [0.2, 0.25) is 0 Å². The summed E-state index contributed by atoms with van der Waals surface area (Å²) in [5, 5.41) is 20.0. The second kappa shape index (κ2) is 7.91. The predicted octanol–water partition coefficient (Wildman–Crippen LogP) is -1.90. The number of halogens is 1. The molecule has 1 aromatic rings. The van der Waals surface area contributed by atoms with Gasteiger partial charge < -0.3 is 34.2 Å². The van der Waals surface area contributed by atoms with Gasteiger partial charge in [-0.05, 0) is 22.6 Å². The van der Waals surface area contributed by atoms with E-state index in [-0.39, 0.29) is 3.57 Å². The van der Waals surface area contributed by atoms with Crippen LogP contribution in [0.5, 0.6) is 0 Å². The molecule has 148 valence electrons. The van der Waals surface area contributed by atoms with Gasteiger partial charge >= 0.3 is 20.9 Å². The molecular formula is C10H15IN2O11P2. The maximum absolute atomic E-state index is 11.8. The quantitative estimate of drug-likeness (QED) is 0.178. The topological polar surface area (TPSA) is 209 Å². The van der Waals surface area contributed by atoms with E-state index >= 15 is 0 Å². The number of nitrogens with zero attached hydrogens (tertiary/aromatic N) is 1. The van der Waals surface area contributed by atoms with Crippen molar-refractivity contribution >= 4 is 37.8 Å². The molecule has 16 heteroatoms. The maximum Gasteiger partial charge on any atom is 0.340 e. The predicted molar refractivity (Wildman–Crippen MR) is 92.7 cm³/mol. The number of aromatic amines is 1. The summed E-state index contributed by atoms with van der Waals surface area (Å²) in [4.78, 5) is 52.0. The first-order chi connectivity index (χ1) is 11.8. The number of aliphatic hydroxyl groups is 2. The number of hydrogen-bond acceptors (Lipinski definition) is 8. The number of nitrogens with one attached hydrogen (secondary N) is 1. The molecule has 0 aliphatic carbocycles. The fourth-order valence-corrected chi connectivity index (χ4v) is 5.21. The van der Waals surface area contributed by atoms with Gasteiger partial charge in [-0.15, -0.1) is 0 Å². The Hall–Kier alpha value is -0.410. The number of ether oxygens (including phenoxy) is 1. The lowest BCUT2D eigenvalue weighted by atomic mass is 10.1. The Kier molecular flexibility index (Phi) is 6.66. The van der Waals surface area contributed by atoms with E-state index in [1.807, 2.05) is 4.98 Å². The van der Waals surface area contributed by atoms with Crippen LogP contribution in [0.3, 0.4) is 0 Å². The van der Waals surface area contributed by atoms with E-state index in [0.29, 0.717) is 0 Å². The van der Waals surface area contributed by atoms with Crippen molar-refractivity contribution in [2.75, 3.05) is 12.5 Å². The minimum Gasteiger partial charge on any atom is -0.387 e. The number of rotatable bonds is 6. The van der Waals surface area contributed by atoms with Crippen LogP contribution < -0.4 is 11.2 Å². The second-order valence-electron chi connectivity index (χ2n) is 5.43. The Morgan fingerprint density at radius 1 is 1.23 bits per heavy atom. The molecule has 1 aromatic heterocycles. The maximum atomic E-state index is 11.8. The van der Waals surface area contributed by atoms with Crippen molar-refractivity contribution in [2.24, 2.45) is 0 Å². The van der Waals surface area contributed by atoms with Crippen molar-refractivity contribution in [2.45, 2.75) is 24.5 Å². The molecule has 2 heterocycles. The minimum atomic E-state index is -4.82. The van der Waals surface area contributed by atoms with E-state index in [0.717, 1.165) is 10.8 Å². The normalized spacial score (nSPS) is 28.8. The van der Waals surface area contributed by atoms with Gasteiger partial charge in [0, 0.05) is 6.20 Å². The van der Waals surface area contributed by atoms with Crippen LogP contribution in [0, 0.1) is 3.57 Å². The van der Waals surface area contributed by atoms with Crippen LogP contribution in [0.1, 0.15) is 6.23 Å². The van der Waals surface area contributed by atoms with Crippen LogP contribution >= 0.6 is 37.8 Å². The molecular weight excluding hydrogens is 513 g/mol. The van der Waals surface area contributed by atoms with Crippen LogP contribution in [-0.2, 0) is 18.4 Å². The van der Waals surface area contributed by atoms with Crippen LogP contribution in [-0.4, -0.2) is 65.3 Å². The number of aliphatic hydroxyl groups excluding tert-OH is 2. The van der Waals surface area contributed by atoms with Crippen LogP contribution in [0.15, 0.2) is 15.8 Å². The highest BCUT2D eigenvalue weighted by molar-refractivity contribution is 14.1. The van der Waals surface area contributed by atoms with Gasteiger partial charge in [-0.1, -0.05) is 0 Å². The van der Waals surface area contributed by atoms with E-state index in [4.69, 9.17) is 14.5 Å². The van der Waals surface area contributed by atoms with Crippen LogP contribution in [0.4, 0.5) is 0 Å². The van der Waals surface area contributed by atoms with E-state index in [1.54, 1.807) is 22.6 Å². The Morgan fingerprint density at radius 3 is 2.42 bits per heavy atom. The lowest BCUT2D eigenvalue weighted by molar-refractivity contribution is -0.0525. The zero-order valence-corrected chi connectivity index (χ0v) is 16.7. The summed E-state index contributed by atoms with van der Waals surface area (Å²) in [6, 6.07) is 0. The average molecular weight is 528 g/mol. The summed E-state index contributed by atoms with van der Waals surface area (Å²) in [6.45, 7) is -0.780. The molecule has 0 spiro atoms. The first-order valence-electron chi connectivity index (χ1n) is 6.84. The molecule has 0 radical (unpaired) electrons. The lowest BCUT2D eigenvalue weighted by Crippen LogP contribution is -2.38. The highest BCUT2D eigenvalue weighted by atomic mass is 127. The molecule has 2 rings (SSSR count). The molecule has 1 aliphatic rings. The molecule has 0 saturated carbocycles. The Morgan fingerprint density at radius 2 is 1.85 bits per heavy atom. The summed E-state index contributed by atoms with van der Waals surface area (Å²) >= 11 is 1.64. The minimum absolute atomic E-state index is 0.105. The van der Waals surface area contributed by atoms with E-state index in [2.05, 4.69) is 4.52 Å². The number of aromatic nitrogens is 2. The molecule has 5 atom stereocenters. The molecule has 6 N–H and O–H groups in total. The zero-order chi connectivity index (χ0) is 19.9. The molecule has 13 nitrogen and oxygen atoms in total. The highest BCUT2D eigenvalue weighted by Gasteiger charge is 2.45. The Balaban J connectivity index is 2.14. The molecule has 0 aromatic carbocycles. The van der Waals surface area contributed by atoms with Crippen molar-refractivity contribution in [1.29, 1.82) is 0 Å². The molecule has 3 unspecified atom stereocenters. The SMILES string of the molecule is O=c1[nH]c(=O)n([C@@H]2O[C@H](COP(=O)(O)CP(=O)(O)O)C(O)C2O)cc1I.